The molecule has 1 aromatic rings. The topological polar surface area (TPSA) is 55.1 Å². The minimum absolute atomic E-state index is 0.0861. The van der Waals surface area contributed by atoms with Crippen molar-refractivity contribution in [2.45, 2.75) is 32.9 Å². The van der Waals surface area contributed by atoms with Crippen molar-refractivity contribution in [1.82, 2.24) is 5.32 Å². The highest BCUT2D eigenvalue weighted by Gasteiger charge is 2.05. The fraction of sp³-hybridized carbons (Fsp3) is 0.417. The molecular formula is C12H17FN2O. The summed E-state index contributed by atoms with van der Waals surface area (Å²) in [4.78, 5) is 11.3. The van der Waals surface area contributed by atoms with Gasteiger partial charge in [-0.3, -0.25) is 4.79 Å². The Labute approximate surface area is 94.8 Å². The van der Waals surface area contributed by atoms with Crippen LogP contribution in [-0.2, 0) is 11.3 Å². The molecule has 16 heavy (non-hydrogen) atoms. The molecule has 4 heteroatoms. The average Bonchev–Trinajstić information content (AvgIpc) is 2.19. The first-order valence-electron chi connectivity index (χ1n) is 5.26. The molecule has 3 N–H and O–H groups in total. The molecule has 1 amide bonds. The fourth-order valence-electron chi connectivity index (χ4n) is 1.38. The maximum Gasteiger partial charge on any atom is 0.221 e. The molecule has 0 saturated heterocycles. The quantitative estimate of drug-likeness (QED) is 0.814. The highest BCUT2D eigenvalue weighted by Crippen LogP contribution is 2.08. The summed E-state index contributed by atoms with van der Waals surface area (Å²) in [6.45, 7) is 3.89. The van der Waals surface area contributed by atoms with Crippen LogP contribution in [-0.4, -0.2) is 11.9 Å². The van der Waals surface area contributed by atoms with Crippen molar-refractivity contribution in [2.75, 3.05) is 0 Å². The lowest BCUT2D eigenvalue weighted by molar-refractivity contribution is -0.121. The highest BCUT2D eigenvalue weighted by atomic mass is 19.1. The van der Waals surface area contributed by atoms with E-state index in [0.29, 0.717) is 18.5 Å². The predicted octanol–water partition coefficient (Wildman–Crippen LogP) is 1.49. The Kier molecular flexibility index (Phi) is 4.43. The molecule has 1 atom stereocenters. The van der Waals surface area contributed by atoms with Gasteiger partial charge < -0.3 is 11.1 Å². The predicted molar refractivity (Wildman–Crippen MR) is 61.3 cm³/mol. The first kappa shape index (κ1) is 12.6. The number of benzene rings is 1. The van der Waals surface area contributed by atoms with Gasteiger partial charge in [0.1, 0.15) is 5.82 Å². The van der Waals surface area contributed by atoms with Crippen molar-refractivity contribution < 1.29 is 9.18 Å². The molecule has 1 aromatic carbocycles. The number of aryl methyl sites for hydroxylation is 1. The summed E-state index contributed by atoms with van der Waals surface area (Å²) in [5, 5.41) is 2.74. The number of carbonyl (C=O) groups is 1. The van der Waals surface area contributed by atoms with Crippen LogP contribution in [0.4, 0.5) is 4.39 Å². The van der Waals surface area contributed by atoms with Gasteiger partial charge in [0.2, 0.25) is 5.91 Å². The molecule has 1 rings (SSSR count). The van der Waals surface area contributed by atoms with E-state index in [0.717, 1.165) is 5.56 Å². The number of halogens is 1. The number of nitrogens with two attached hydrogens (primary N) is 1. The largest absolute Gasteiger partial charge is 0.352 e. The number of hydrogen-bond donors (Lipinski definition) is 2. The van der Waals surface area contributed by atoms with E-state index >= 15 is 0 Å². The summed E-state index contributed by atoms with van der Waals surface area (Å²) in [6.07, 6.45) is 0.306. The van der Waals surface area contributed by atoms with Crippen LogP contribution in [0.1, 0.15) is 24.5 Å². The second-order valence-corrected chi connectivity index (χ2v) is 4.04. The van der Waals surface area contributed by atoms with Gasteiger partial charge in [-0.15, -0.1) is 0 Å². The Bertz CT molecular complexity index is 377. The van der Waals surface area contributed by atoms with Crippen LogP contribution in [0, 0.1) is 12.7 Å². The number of nitrogens with one attached hydrogen (secondary N) is 1. The Morgan fingerprint density at radius 2 is 2.25 bits per heavy atom. The smallest absolute Gasteiger partial charge is 0.221 e. The monoisotopic (exact) mass is 224 g/mol. The maximum absolute atomic E-state index is 13.0. The molecule has 88 valence electrons. The normalized spacial score (nSPS) is 12.2. The van der Waals surface area contributed by atoms with Crippen molar-refractivity contribution in [1.29, 1.82) is 0 Å². The van der Waals surface area contributed by atoms with Crippen molar-refractivity contribution in [2.24, 2.45) is 5.73 Å². The molecule has 0 aromatic heterocycles. The molecule has 0 bridgehead atoms. The molecule has 3 nitrogen and oxygen atoms in total. The molecule has 0 heterocycles. The zero-order valence-electron chi connectivity index (χ0n) is 9.59. The molecular weight excluding hydrogens is 207 g/mol. The van der Waals surface area contributed by atoms with Gasteiger partial charge in [-0.25, -0.2) is 4.39 Å². The second kappa shape index (κ2) is 5.61. The van der Waals surface area contributed by atoms with Gasteiger partial charge in [0.15, 0.2) is 0 Å². The Hall–Kier alpha value is -1.42. The first-order valence-corrected chi connectivity index (χ1v) is 5.26. The lowest BCUT2D eigenvalue weighted by Crippen LogP contribution is -2.29. The molecule has 1 unspecified atom stereocenters. The van der Waals surface area contributed by atoms with E-state index in [9.17, 15) is 9.18 Å². The third-order valence-corrected chi connectivity index (χ3v) is 2.22. The van der Waals surface area contributed by atoms with Crippen LogP contribution < -0.4 is 11.1 Å². The lowest BCUT2D eigenvalue weighted by Gasteiger charge is -2.08. The number of hydrogen-bond acceptors (Lipinski definition) is 2. The molecule has 0 saturated carbocycles. The van der Waals surface area contributed by atoms with Crippen molar-refractivity contribution >= 4 is 5.91 Å². The standard InChI is InChI=1S/C12H17FN2O/c1-8-5-10(3-4-11(8)13)7-15-12(16)6-9(2)14/h3-5,9H,6-7,14H2,1-2H3,(H,15,16). The van der Waals surface area contributed by atoms with Gasteiger partial charge in [-0.1, -0.05) is 12.1 Å². The molecule has 0 fully saturated rings. The maximum atomic E-state index is 13.0. The summed E-state index contributed by atoms with van der Waals surface area (Å²) in [6, 6.07) is 4.65. The molecule has 0 spiro atoms. The van der Waals surface area contributed by atoms with E-state index in [-0.39, 0.29) is 17.8 Å². The Morgan fingerprint density at radius 3 is 2.81 bits per heavy atom. The van der Waals surface area contributed by atoms with Crippen LogP contribution >= 0.6 is 0 Å². The summed E-state index contributed by atoms with van der Waals surface area (Å²) in [7, 11) is 0. The number of carbonyl (C=O) groups excluding carboxylic acids is 1. The zero-order valence-corrected chi connectivity index (χ0v) is 9.59. The SMILES string of the molecule is Cc1cc(CNC(=O)CC(C)N)ccc1F. The first-order chi connectivity index (χ1) is 7.49. The van der Waals surface area contributed by atoms with Gasteiger partial charge >= 0.3 is 0 Å². The Morgan fingerprint density at radius 1 is 1.56 bits per heavy atom. The van der Waals surface area contributed by atoms with Gasteiger partial charge in [0, 0.05) is 19.0 Å². The van der Waals surface area contributed by atoms with Crippen LogP contribution in [0.15, 0.2) is 18.2 Å². The van der Waals surface area contributed by atoms with E-state index in [1.165, 1.54) is 6.07 Å². The van der Waals surface area contributed by atoms with E-state index in [1.54, 1.807) is 26.0 Å². The summed E-state index contributed by atoms with van der Waals surface area (Å²) in [5.74, 6) is -0.317. The van der Waals surface area contributed by atoms with Gasteiger partial charge in [-0.2, -0.15) is 0 Å². The van der Waals surface area contributed by atoms with Crippen molar-refractivity contribution in [3.05, 3.63) is 35.1 Å². The summed E-state index contributed by atoms with van der Waals surface area (Å²) >= 11 is 0. The van der Waals surface area contributed by atoms with Gasteiger partial charge in [0.05, 0.1) is 0 Å². The fourth-order valence-corrected chi connectivity index (χ4v) is 1.38. The zero-order chi connectivity index (χ0) is 12.1. The van der Waals surface area contributed by atoms with Crippen LogP contribution in [0.5, 0.6) is 0 Å². The minimum atomic E-state index is -0.231. The van der Waals surface area contributed by atoms with Crippen molar-refractivity contribution in [3.63, 3.8) is 0 Å². The van der Waals surface area contributed by atoms with Crippen molar-refractivity contribution in [3.8, 4) is 0 Å². The average molecular weight is 224 g/mol. The Balaban J connectivity index is 2.48. The highest BCUT2D eigenvalue weighted by molar-refractivity contribution is 5.76. The lowest BCUT2D eigenvalue weighted by atomic mass is 10.1. The molecule has 0 radical (unpaired) electrons. The third kappa shape index (κ3) is 3.98. The minimum Gasteiger partial charge on any atom is -0.352 e. The number of rotatable bonds is 4. The number of amides is 1. The van der Waals surface area contributed by atoms with Crippen LogP contribution in [0.25, 0.3) is 0 Å². The van der Waals surface area contributed by atoms with E-state index in [1.807, 2.05) is 0 Å². The summed E-state index contributed by atoms with van der Waals surface area (Å²) in [5.41, 5.74) is 6.96. The second-order valence-electron chi connectivity index (χ2n) is 4.04. The van der Waals surface area contributed by atoms with E-state index < -0.39 is 0 Å². The molecule has 0 aliphatic heterocycles. The third-order valence-electron chi connectivity index (χ3n) is 2.22. The van der Waals surface area contributed by atoms with Gasteiger partial charge in [-0.05, 0) is 31.0 Å². The van der Waals surface area contributed by atoms with E-state index in [4.69, 9.17) is 5.73 Å². The summed E-state index contributed by atoms with van der Waals surface area (Å²) < 4.78 is 13.0. The molecule has 0 aliphatic carbocycles. The van der Waals surface area contributed by atoms with E-state index in [2.05, 4.69) is 5.32 Å². The molecule has 0 aliphatic rings. The van der Waals surface area contributed by atoms with Gasteiger partial charge in [0.25, 0.3) is 0 Å². The van der Waals surface area contributed by atoms with Crippen LogP contribution in [0.3, 0.4) is 0 Å². The van der Waals surface area contributed by atoms with Crippen LogP contribution in [0.2, 0.25) is 0 Å².